The SMILES string of the molecule is O=C(O)NCC1(c2cccc(C(F)(F)F)c2)CCN(C(=O)CN2CCN(c3cnccn3)CC2)CC1. The predicted molar refractivity (Wildman–Crippen MR) is 126 cm³/mol. The summed E-state index contributed by atoms with van der Waals surface area (Å²) in [4.78, 5) is 38.5. The van der Waals surface area contributed by atoms with Crippen molar-refractivity contribution < 1.29 is 27.9 Å². The minimum Gasteiger partial charge on any atom is -0.465 e. The second kappa shape index (κ2) is 10.7. The first kappa shape index (κ1) is 25.7. The largest absolute Gasteiger partial charge is 0.465 e. The van der Waals surface area contributed by atoms with E-state index in [0.29, 0.717) is 44.6 Å². The number of rotatable bonds is 6. The van der Waals surface area contributed by atoms with Crippen molar-refractivity contribution >= 4 is 17.8 Å². The maximum atomic E-state index is 13.3. The van der Waals surface area contributed by atoms with E-state index in [9.17, 15) is 22.8 Å². The first-order valence-corrected chi connectivity index (χ1v) is 11.8. The minimum absolute atomic E-state index is 0.0178. The van der Waals surface area contributed by atoms with E-state index in [-0.39, 0.29) is 19.0 Å². The van der Waals surface area contributed by atoms with E-state index in [0.717, 1.165) is 31.0 Å². The third kappa shape index (κ3) is 6.04. The average Bonchev–Trinajstić information content (AvgIpc) is 2.88. The van der Waals surface area contributed by atoms with Gasteiger partial charge in [-0.15, -0.1) is 0 Å². The fourth-order valence-electron chi connectivity index (χ4n) is 4.90. The molecule has 0 spiro atoms. The van der Waals surface area contributed by atoms with Crippen LogP contribution < -0.4 is 10.2 Å². The zero-order valence-electron chi connectivity index (χ0n) is 19.7. The quantitative estimate of drug-likeness (QED) is 0.621. The molecule has 0 aliphatic carbocycles. The number of halogens is 3. The molecule has 2 aliphatic rings. The standard InChI is InChI=1S/C24H29F3N6O3/c25-24(26,27)19-3-1-2-18(14-19)23(17-30-22(35)36)4-8-33(9-5-23)21(34)16-31-10-12-32(13-11-31)20-15-28-6-7-29-20/h1-3,6-7,14-15,30H,4-5,8-13,16-17H2,(H,35,36). The zero-order chi connectivity index (χ0) is 25.8. The van der Waals surface area contributed by atoms with Crippen LogP contribution in [-0.4, -0.2) is 89.2 Å². The van der Waals surface area contributed by atoms with E-state index in [2.05, 4.69) is 25.1 Å². The van der Waals surface area contributed by atoms with Gasteiger partial charge in [0, 0.05) is 63.6 Å². The molecule has 3 heterocycles. The molecule has 1 aromatic carbocycles. The van der Waals surface area contributed by atoms with Gasteiger partial charge in [0.05, 0.1) is 18.3 Å². The number of amides is 2. The van der Waals surface area contributed by atoms with E-state index < -0.39 is 23.2 Å². The number of nitrogens with zero attached hydrogens (tertiary/aromatic N) is 5. The molecule has 2 fully saturated rings. The van der Waals surface area contributed by atoms with Gasteiger partial charge >= 0.3 is 12.3 Å². The summed E-state index contributed by atoms with van der Waals surface area (Å²) in [7, 11) is 0. The molecular formula is C24H29F3N6O3. The van der Waals surface area contributed by atoms with Gasteiger partial charge in [0.1, 0.15) is 5.82 Å². The summed E-state index contributed by atoms with van der Waals surface area (Å²) >= 11 is 0. The van der Waals surface area contributed by atoms with Crippen LogP contribution in [-0.2, 0) is 16.4 Å². The summed E-state index contributed by atoms with van der Waals surface area (Å²) in [5.41, 5.74) is -1.16. The van der Waals surface area contributed by atoms with Crippen LogP contribution in [0.3, 0.4) is 0 Å². The first-order chi connectivity index (χ1) is 17.2. The highest BCUT2D eigenvalue weighted by atomic mass is 19.4. The Balaban J connectivity index is 1.37. The molecule has 194 valence electrons. The Hall–Kier alpha value is -3.41. The van der Waals surface area contributed by atoms with Gasteiger partial charge in [-0.3, -0.25) is 14.7 Å². The number of piperazine rings is 1. The average molecular weight is 507 g/mol. The van der Waals surface area contributed by atoms with E-state index in [1.807, 2.05) is 0 Å². The minimum atomic E-state index is -4.49. The number of benzene rings is 1. The molecule has 0 unspecified atom stereocenters. The summed E-state index contributed by atoms with van der Waals surface area (Å²) in [6.07, 6.45) is -0.0267. The lowest BCUT2D eigenvalue weighted by molar-refractivity contribution is -0.137. The summed E-state index contributed by atoms with van der Waals surface area (Å²) in [5.74, 6) is 0.771. The monoisotopic (exact) mass is 506 g/mol. The van der Waals surface area contributed by atoms with Gasteiger partial charge in [0.15, 0.2) is 0 Å². The Morgan fingerprint density at radius 3 is 2.39 bits per heavy atom. The molecule has 9 nitrogen and oxygen atoms in total. The molecule has 0 saturated carbocycles. The third-order valence-corrected chi connectivity index (χ3v) is 7.06. The number of hydrogen-bond donors (Lipinski definition) is 2. The molecular weight excluding hydrogens is 477 g/mol. The third-order valence-electron chi connectivity index (χ3n) is 7.06. The molecule has 2 N–H and O–H groups in total. The van der Waals surface area contributed by atoms with Crippen molar-refractivity contribution in [3.63, 3.8) is 0 Å². The Morgan fingerprint density at radius 1 is 1.06 bits per heavy atom. The molecule has 1 aromatic heterocycles. The lowest BCUT2D eigenvalue weighted by atomic mass is 9.72. The van der Waals surface area contributed by atoms with E-state index in [4.69, 9.17) is 5.11 Å². The number of carbonyl (C=O) groups is 2. The highest BCUT2D eigenvalue weighted by Gasteiger charge is 2.40. The smallest absolute Gasteiger partial charge is 0.416 e. The lowest BCUT2D eigenvalue weighted by Crippen LogP contribution is -2.54. The van der Waals surface area contributed by atoms with Crippen LogP contribution in [0.4, 0.5) is 23.8 Å². The number of carbonyl (C=O) groups excluding carboxylic acids is 1. The number of nitrogens with one attached hydrogen (secondary N) is 1. The Bertz CT molecular complexity index is 1050. The van der Waals surface area contributed by atoms with Gasteiger partial charge in [-0.25, -0.2) is 9.78 Å². The van der Waals surface area contributed by atoms with Crippen molar-refractivity contribution in [1.29, 1.82) is 0 Å². The van der Waals surface area contributed by atoms with Crippen molar-refractivity contribution in [3.8, 4) is 0 Å². The lowest BCUT2D eigenvalue weighted by Gasteiger charge is -2.43. The molecule has 2 saturated heterocycles. The van der Waals surface area contributed by atoms with Crippen molar-refractivity contribution in [2.45, 2.75) is 24.4 Å². The van der Waals surface area contributed by atoms with Crippen molar-refractivity contribution in [2.24, 2.45) is 0 Å². The summed E-state index contributed by atoms with van der Waals surface area (Å²) in [6, 6.07) is 5.05. The van der Waals surface area contributed by atoms with E-state index >= 15 is 0 Å². The summed E-state index contributed by atoms with van der Waals surface area (Å²) in [6.45, 7) is 3.79. The fraction of sp³-hybridized carbons (Fsp3) is 0.500. The molecule has 2 aliphatic heterocycles. The van der Waals surface area contributed by atoms with Gasteiger partial charge in [0.25, 0.3) is 0 Å². The molecule has 12 heteroatoms. The molecule has 36 heavy (non-hydrogen) atoms. The highest BCUT2D eigenvalue weighted by Crippen LogP contribution is 2.38. The van der Waals surface area contributed by atoms with Crippen LogP contribution in [0.1, 0.15) is 24.0 Å². The van der Waals surface area contributed by atoms with Crippen LogP contribution in [0.2, 0.25) is 0 Å². The number of hydrogen-bond acceptors (Lipinski definition) is 6. The van der Waals surface area contributed by atoms with Gasteiger partial charge < -0.3 is 20.2 Å². The van der Waals surface area contributed by atoms with Crippen molar-refractivity contribution in [3.05, 3.63) is 54.0 Å². The van der Waals surface area contributed by atoms with Crippen molar-refractivity contribution in [1.82, 2.24) is 25.1 Å². The van der Waals surface area contributed by atoms with Crippen LogP contribution in [0.25, 0.3) is 0 Å². The topological polar surface area (TPSA) is 102 Å². The van der Waals surface area contributed by atoms with Crippen LogP contribution in [0.15, 0.2) is 42.9 Å². The fourth-order valence-corrected chi connectivity index (χ4v) is 4.90. The first-order valence-electron chi connectivity index (χ1n) is 11.8. The second-order valence-corrected chi connectivity index (χ2v) is 9.23. The Labute approximate surface area is 206 Å². The van der Waals surface area contributed by atoms with Gasteiger partial charge in [-0.2, -0.15) is 13.2 Å². The Kier molecular flexibility index (Phi) is 7.62. The van der Waals surface area contributed by atoms with Gasteiger partial charge in [-0.1, -0.05) is 18.2 Å². The van der Waals surface area contributed by atoms with Crippen molar-refractivity contribution in [2.75, 3.05) is 57.3 Å². The number of carboxylic acid groups (broad SMARTS) is 1. The number of aromatic nitrogens is 2. The maximum Gasteiger partial charge on any atom is 0.416 e. The van der Waals surface area contributed by atoms with Gasteiger partial charge in [0.2, 0.25) is 5.91 Å². The van der Waals surface area contributed by atoms with Crippen LogP contribution >= 0.6 is 0 Å². The van der Waals surface area contributed by atoms with Crippen LogP contribution in [0.5, 0.6) is 0 Å². The molecule has 0 bridgehead atoms. The summed E-state index contributed by atoms with van der Waals surface area (Å²) < 4.78 is 39.9. The normalized spacial score (nSPS) is 18.6. The number of alkyl halides is 3. The number of likely N-dealkylation sites (tertiary alicyclic amines) is 1. The number of anilines is 1. The second-order valence-electron chi connectivity index (χ2n) is 9.23. The maximum absolute atomic E-state index is 13.3. The molecule has 2 amide bonds. The molecule has 2 aromatic rings. The molecule has 0 atom stereocenters. The van der Waals surface area contributed by atoms with E-state index in [1.54, 1.807) is 29.6 Å². The van der Waals surface area contributed by atoms with Gasteiger partial charge in [-0.05, 0) is 24.5 Å². The molecule has 4 rings (SSSR count). The molecule has 0 radical (unpaired) electrons. The number of piperidine rings is 1. The predicted octanol–water partition coefficient (Wildman–Crippen LogP) is 2.45. The summed E-state index contributed by atoms with van der Waals surface area (Å²) in [5, 5.41) is 11.5. The highest BCUT2D eigenvalue weighted by molar-refractivity contribution is 5.78. The van der Waals surface area contributed by atoms with Crippen LogP contribution in [0, 0.1) is 0 Å². The van der Waals surface area contributed by atoms with E-state index in [1.165, 1.54) is 6.07 Å². The zero-order valence-corrected chi connectivity index (χ0v) is 19.7. The Morgan fingerprint density at radius 2 is 1.78 bits per heavy atom.